The molecule has 19 heavy (non-hydrogen) atoms. The summed E-state index contributed by atoms with van der Waals surface area (Å²) in [6, 6.07) is 0. The average molecular weight is 428 g/mol. The predicted molar refractivity (Wildman–Crippen MR) is 61.4 cm³/mol. The van der Waals surface area contributed by atoms with Crippen LogP contribution >= 0.6 is 0 Å². The fraction of sp³-hybridized carbons (Fsp3) is 0.143. The molecule has 97 valence electrons. The van der Waals surface area contributed by atoms with Crippen LogP contribution in [0.4, 0.5) is 0 Å². The Bertz CT molecular complexity index is 212. The van der Waals surface area contributed by atoms with Crippen LogP contribution in [0.5, 0.6) is 0 Å². The third-order valence-electron chi connectivity index (χ3n) is 0.965. The number of hydrogen-bond acceptors (Lipinski definition) is 1. The first kappa shape index (κ1) is 30.9. The molecule has 0 N–H and O–H groups in total. The Kier molecular flexibility index (Phi) is 86.8. The van der Waals surface area contributed by atoms with Crippen LogP contribution in [0.15, 0.2) is 12.7 Å². The van der Waals surface area contributed by atoms with Crippen molar-refractivity contribution in [2.75, 3.05) is 13.2 Å². The molecule has 1 saturated carbocycles. The standard InChI is InChI=1S/C6H7O.C5H5.3CO.W/c1-3-5-7-6-4-2;1-2-4-5-3-1;3*1-2;/h3H,1,5-6H2;1-5H;;;;/q-1;;;;;+2. The fourth-order valence-electron chi connectivity index (χ4n) is 0.514. The van der Waals surface area contributed by atoms with Gasteiger partial charge in [-0.1, -0.05) is 6.08 Å². The molecule has 0 aromatic carbocycles. The van der Waals surface area contributed by atoms with Crippen LogP contribution in [0.1, 0.15) is 0 Å². The maximum absolute atomic E-state index is 7.50. The summed E-state index contributed by atoms with van der Waals surface area (Å²) in [7, 11) is 0. The van der Waals surface area contributed by atoms with Gasteiger partial charge in [0.25, 0.3) is 0 Å². The van der Waals surface area contributed by atoms with Crippen molar-refractivity contribution in [3.63, 3.8) is 0 Å². The van der Waals surface area contributed by atoms with Gasteiger partial charge < -0.3 is 17.1 Å². The van der Waals surface area contributed by atoms with Crippen LogP contribution in [0.2, 0.25) is 0 Å². The van der Waals surface area contributed by atoms with E-state index in [0.717, 1.165) is 0 Å². The molecule has 1 rings (SSSR count). The van der Waals surface area contributed by atoms with Crippen molar-refractivity contribution < 1.29 is 39.8 Å². The van der Waals surface area contributed by atoms with Crippen molar-refractivity contribution in [1.82, 2.24) is 0 Å². The molecule has 0 aromatic rings. The van der Waals surface area contributed by atoms with E-state index in [1.165, 1.54) is 0 Å². The van der Waals surface area contributed by atoms with Gasteiger partial charge in [0.15, 0.2) is 0 Å². The molecular formula is C14H12O4W+. The maximum atomic E-state index is 7.50. The van der Waals surface area contributed by atoms with Crippen LogP contribution in [-0.2, 0) is 39.8 Å². The zero-order valence-corrected chi connectivity index (χ0v) is 13.1. The SMILES string of the molecule is [C-]#CCOCC=C.[C-]#[O+].[C-]#[O+].[C-]#[O+].[CH]1[CH][CH][CH][CH]1.[W+2]. The van der Waals surface area contributed by atoms with Crippen molar-refractivity contribution in [3.05, 3.63) is 71.1 Å². The summed E-state index contributed by atoms with van der Waals surface area (Å²) in [5.74, 6) is 2.08. The molecule has 0 aliphatic heterocycles. The fourth-order valence-corrected chi connectivity index (χ4v) is 0.514. The molecule has 0 bridgehead atoms. The van der Waals surface area contributed by atoms with E-state index in [2.05, 4.69) is 32.5 Å². The van der Waals surface area contributed by atoms with Crippen LogP contribution < -0.4 is 0 Å². The van der Waals surface area contributed by atoms with Crippen molar-refractivity contribution in [3.8, 4) is 5.92 Å². The topological polar surface area (TPSA) is 68.9 Å². The van der Waals surface area contributed by atoms with Gasteiger partial charge in [0.2, 0.25) is 0 Å². The van der Waals surface area contributed by atoms with E-state index in [9.17, 15) is 0 Å². The first-order valence-electron chi connectivity index (χ1n) is 4.28. The van der Waals surface area contributed by atoms with E-state index in [4.69, 9.17) is 25.1 Å². The maximum Gasteiger partial charge on any atom is 2.00 e. The van der Waals surface area contributed by atoms with Crippen LogP contribution in [0.3, 0.4) is 0 Å². The minimum atomic E-state index is 0. The monoisotopic (exact) mass is 428 g/mol. The van der Waals surface area contributed by atoms with E-state index >= 15 is 0 Å². The predicted octanol–water partition coefficient (Wildman–Crippen LogP) is 1.69. The van der Waals surface area contributed by atoms with Gasteiger partial charge in [-0.05, 0) is 32.1 Å². The van der Waals surface area contributed by atoms with E-state index in [-0.39, 0.29) is 27.7 Å². The average Bonchev–Trinajstić information content (AvgIpc) is 3.05. The largest absolute Gasteiger partial charge is 2.00 e. The molecule has 5 heteroatoms. The second-order valence-corrected chi connectivity index (χ2v) is 1.94. The van der Waals surface area contributed by atoms with E-state index < -0.39 is 0 Å². The second-order valence-electron chi connectivity index (χ2n) is 1.94. The van der Waals surface area contributed by atoms with Gasteiger partial charge in [0, 0.05) is 0 Å². The summed E-state index contributed by atoms with van der Waals surface area (Å²) >= 11 is 0. The minimum Gasteiger partial charge on any atom is -0.0312 e. The molecule has 1 aliphatic carbocycles. The number of hydrogen-bond donors (Lipinski definition) is 0. The molecule has 0 amide bonds. The van der Waals surface area contributed by atoms with Crippen molar-refractivity contribution in [2.45, 2.75) is 0 Å². The van der Waals surface area contributed by atoms with E-state index in [0.29, 0.717) is 6.61 Å². The molecule has 0 heterocycles. The number of rotatable bonds is 3. The molecule has 1 aliphatic rings. The summed E-state index contributed by atoms with van der Waals surface area (Å²) in [5.41, 5.74) is 0. The molecule has 0 unspecified atom stereocenters. The quantitative estimate of drug-likeness (QED) is 0.222. The summed E-state index contributed by atoms with van der Waals surface area (Å²) in [5, 5.41) is 0. The van der Waals surface area contributed by atoms with Crippen molar-refractivity contribution in [1.29, 1.82) is 0 Å². The van der Waals surface area contributed by atoms with Crippen LogP contribution in [0.25, 0.3) is 0 Å². The molecule has 0 spiro atoms. The molecule has 0 saturated heterocycles. The Hall–Kier alpha value is -0.832. The van der Waals surface area contributed by atoms with Gasteiger partial charge in [0.05, 0.1) is 13.2 Å². The molecule has 1 fully saturated rings. The van der Waals surface area contributed by atoms with Crippen LogP contribution in [0, 0.1) is 64.4 Å². The zero-order valence-electron chi connectivity index (χ0n) is 10.1. The van der Waals surface area contributed by atoms with Gasteiger partial charge in [-0.3, -0.25) is 0 Å². The summed E-state index contributed by atoms with van der Waals surface area (Å²) in [6.07, 6.45) is 18.0. The molecule has 4 nitrogen and oxygen atoms in total. The van der Waals surface area contributed by atoms with Gasteiger partial charge >= 0.3 is 55.0 Å². The minimum absolute atomic E-state index is 0. The first-order valence-corrected chi connectivity index (χ1v) is 4.28. The zero-order chi connectivity index (χ0) is 15.1. The molecule has 0 atom stereocenters. The van der Waals surface area contributed by atoms with Crippen LogP contribution in [-0.4, -0.2) is 13.2 Å². The third-order valence-corrected chi connectivity index (χ3v) is 0.965. The molecular weight excluding hydrogens is 416 g/mol. The van der Waals surface area contributed by atoms with Crippen molar-refractivity contribution >= 4 is 0 Å². The van der Waals surface area contributed by atoms with E-state index in [1.807, 2.05) is 32.1 Å². The van der Waals surface area contributed by atoms with Gasteiger partial charge in [-0.25, -0.2) is 0 Å². The Labute approximate surface area is 130 Å². The summed E-state index contributed by atoms with van der Waals surface area (Å²) < 4.78 is 27.2. The summed E-state index contributed by atoms with van der Waals surface area (Å²) in [4.78, 5) is 0. The second kappa shape index (κ2) is 53.4. The van der Waals surface area contributed by atoms with E-state index in [1.54, 1.807) is 6.08 Å². The van der Waals surface area contributed by atoms with Gasteiger partial charge in [-0.15, -0.1) is 6.58 Å². The summed E-state index contributed by atoms with van der Waals surface area (Å²) in [6.45, 7) is 17.7. The number of ether oxygens (including phenoxy) is 1. The Morgan fingerprint density at radius 2 is 1.26 bits per heavy atom. The smallest absolute Gasteiger partial charge is 0.0312 e. The van der Waals surface area contributed by atoms with Gasteiger partial charge in [0.1, 0.15) is 0 Å². The Morgan fingerprint density at radius 1 is 0.947 bits per heavy atom. The van der Waals surface area contributed by atoms with Gasteiger partial charge in [-0.2, -0.15) is 0 Å². The molecule has 5 radical (unpaired) electrons. The van der Waals surface area contributed by atoms with Crippen molar-refractivity contribution in [2.24, 2.45) is 0 Å². The Balaban J connectivity index is -0.0000000482. The normalized spacial score (nSPS) is 9.32. The molecule has 0 aromatic heterocycles. The third kappa shape index (κ3) is 59.2. The first-order chi connectivity index (χ1) is 8.91. The Morgan fingerprint density at radius 3 is 1.47 bits per heavy atom.